The van der Waals surface area contributed by atoms with E-state index in [9.17, 15) is 14.4 Å². The lowest BCUT2D eigenvalue weighted by Gasteiger charge is -2.10. The zero-order chi connectivity index (χ0) is 18.1. The molecule has 0 saturated heterocycles. The summed E-state index contributed by atoms with van der Waals surface area (Å²) in [5.74, 6) is -1.04. The van der Waals surface area contributed by atoms with Crippen LogP contribution in [0.5, 0.6) is 0 Å². The molecule has 8 heteroatoms. The number of ether oxygens (including phenoxy) is 1. The van der Waals surface area contributed by atoms with Crippen LogP contribution in [0.3, 0.4) is 0 Å². The summed E-state index contributed by atoms with van der Waals surface area (Å²) >= 11 is 0. The van der Waals surface area contributed by atoms with Gasteiger partial charge in [-0.1, -0.05) is 13.8 Å². The van der Waals surface area contributed by atoms with Crippen molar-refractivity contribution in [2.75, 3.05) is 12.4 Å². The van der Waals surface area contributed by atoms with Crippen molar-refractivity contribution in [1.82, 2.24) is 14.4 Å². The van der Waals surface area contributed by atoms with Gasteiger partial charge in [0, 0.05) is 23.2 Å². The minimum absolute atomic E-state index is 0.120. The molecule has 0 fully saturated rings. The van der Waals surface area contributed by atoms with E-state index in [0.29, 0.717) is 22.2 Å². The summed E-state index contributed by atoms with van der Waals surface area (Å²) in [6.45, 7) is 3.59. The predicted molar refractivity (Wildman–Crippen MR) is 91.6 cm³/mol. The SMILES string of the molecule is COC(=O)c1cnc2c3cc(NC(=O)C(C)C)ccc3ncn2c1=O. The van der Waals surface area contributed by atoms with E-state index < -0.39 is 11.5 Å². The zero-order valence-corrected chi connectivity index (χ0v) is 13.9. The molecule has 128 valence electrons. The molecule has 2 aromatic heterocycles. The number of rotatable bonds is 3. The van der Waals surface area contributed by atoms with Crippen molar-refractivity contribution in [1.29, 1.82) is 0 Å². The minimum atomic E-state index is -0.759. The van der Waals surface area contributed by atoms with Gasteiger partial charge in [0.25, 0.3) is 5.56 Å². The number of methoxy groups -OCH3 is 1. The fourth-order valence-corrected chi connectivity index (χ4v) is 2.34. The molecule has 3 rings (SSSR count). The Labute approximate surface area is 142 Å². The van der Waals surface area contributed by atoms with Crippen LogP contribution in [0, 0.1) is 5.92 Å². The van der Waals surface area contributed by atoms with Crippen LogP contribution in [0.15, 0.2) is 35.5 Å². The highest BCUT2D eigenvalue weighted by Crippen LogP contribution is 2.21. The first-order valence-corrected chi connectivity index (χ1v) is 7.61. The molecule has 0 atom stereocenters. The smallest absolute Gasteiger partial charge is 0.345 e. The van der Waals surface area contributed by atoms with Crippen molar-refractivity contribution in [3.8, 4) is 0 Å². The summed E-state index contributed by atoms with van der Waals surface area (Å²) in [5.41, 5.74) is 0.782. The van der Waals surface area contributed by atoms with E-state index >= 15 is 0 Å². The van der Waals surface area contributed by atoms with Gasteiger partial charge in [0.1, 0.15) is 17.5 Å². The van der Waals surface area contributed by atoms with E-state index in [0.717, 1.165) is 0 Å². The molecule has 0 aliphatic carbocycles. The highest BCUT2D eigenvalue weighted by atomic mass is 16.5. The molecular formula is C17H16N4O4. The van der Waals surface area contributed by atoms with Crippen LogP contribution in [0.1, 0.15) is 24.2 Å². The van der Waals surface area contributed by atoms with Crippen molar-refractivity contribution in [3.05, 3.63) is 46.6 Å². The third kappa shape index (κ3) is 2.93. The maximum absolute atomic E-state index is 12.4. The van der Waals surface area contributed by atoms with Gasteiger partial charge >= 0.3 is 5.97 Å². The largest absolute Gasteiger partial charge is 0.465 e. The predicted octanol–water partition coefficient (Wildman–Crippen LogP) is 1.62. The molecule has 0 radical (unpaired) electrons. The van der Waals surface area contributed by atoms with Gasteiger partial charge in [0.15, 0.2) is 0 Å². The molecule has 25 heavy (non-hydrogen) atoms. The van der Waals surface area contributed by atoms with Crippen molar-refractivity contribution < 1.29 is 14.3 Å². The number of nitrogens with one attached hydrogen (secondary N) is 1. The first kappa shape index (κ1) is 16.6. The Morgan fingerprint density at radius 1 is 1.24 bits per heavy atom. The van der Waals surface area contributed by atoms with Crippen molar-refractivity contribution in [3.63, 3.8) is 0 Å². The molecule has 1 amide bonds. The van der Waals surface area contributed by atoms with Crippen molar-refractivity contribution in [2.45, 2.75) is 13.8 Å². The minimum Gasteiger partial charge on any atom is -0.465 e. The van der Waals surface area contributed by atoms with Gasteiger partial charge in [-0.2, -0.15) is 0 Å². The second kappa shape index (κ2) is 6.31. The highest BCUT2D eigenvalue weighted by Gasteiger charge is 2.15. The average Bonchev–Trinajstić information content (AvgIpc) is 2.61. The van der Waals surface area contributed by atoms with Crippen LogP contribution in [-0.2, 0) is 9.53 Å². The Bertz CT molecular complexity index is 1060. The first-order valence-electron chi connectivity index (χ1n) is 7.61. The molecule has 8 nitrogen and oxygen atoms in total. The summed E-state index contributed by atoms with van der Waals surface area (Å²) in [4.78, 5) is 44.4. The van der Waals surface area contributed by atoms with Gasteiger partial charge in [0.05, 0.1) is 12.6 Å². The molecule has 3 aromatic rings. The summed E-state index contributed by atoms with van der Waals surface area (Å²) in [7, 11) is 1.19. The maximum Gasteiger partial charge on any atom is 0.345 e. The lowest BCUT2D eigenvalue weighted by atomic mass is 10.1. The number of hydrogen-bond acceptors (Lipinski definition) is 6. The van der Waals surface area contributed by atoms with E-state index in [4.69, 9.17) is 0 Å². The lowest BCUT2D eigenvalue weighted by molar-refractivity contribution is -0.118. The highest BCUT2D eigenvalue weighted by molar-refractivity contribution is 5.98. The Morgan fingerprint density at radius 3 is 2.68 bits per heavy atom. The second-order valence-electron chi connectivity index (χ2n) is 5.78. The number of anilines is 1. The Balaban J connectivity index is 2.19. The first-order chi connectivity index (χ1) is 11.9. The quantitative estimate of drug-likeness (QED) is 0.574. The third-order valence-electron chi connectivity index (χ3n) is 3.74. The second-order valence-corrected chi connectivity index (χ2v) is 5.78. The van der Waals surface area contributed by atoms with E-state index in [1.807, 2.05) is 0 Å². The topological polar surface area (TPSA) is 103 Å². The van der Waals surface area contributed by atoms with Crippen LogP contribution >= 0.6 is 0 Å². The Kier molecular flexibility index (Phi) is 4.18. The molecule has 0 saturated carbocycles. The van der Waals surface area contributed by atoms with Gasteiger partial charge < -0.3 is 10.1 Å². The number of fused-ring (bicyclic) bond motifs is 3. The van der Waals surface area contributed by atoms with Gasteiger partial charge in [0.2, 0.25) is 5.91 Å². The van der Waals surface area contributed by atoms with Gasteiger partial charge in [-0.3, -0.25) is 9.59 Å². The van der Waals surface area contributed by atoms with Crippen LogP contribution in [0.4, 0.5) is 5.69 Å². The molecular weight excluding hydrogens is 324 g/mol. The number of carbonyl (C=O) groups excluding carboxylic acids is 2. The summed E-state index contributed by atoms with van der Waals surface area (Å²) in [6, 6.07) is 5.15. The average molecular weight is 340 g/mol. The molecule has 1 aromatic carbocycles. The Morgan fingerprint density at radius 2 is 2.00 bits per heavy atom. The van der Waals surface area contributed by atoms with Crippen LogP contribution in [-0.4, -0.2) is 33.4 Å². The van der Waals surface area contributed by atoms with Crippen LogP contribution in [0.2, 0.25) is 0 Å². The standard InChI is InChI=1S/C17H16N4O4/c1-9(2)15(22)20-10-4-5-13-11(6-10)14-18-7-12(17(24)25-3)16(23)21(14)8-19-13/h4-9H,1-3H3,(H,20,22). The van der Waals surface area contributed by atoms with Crippen LogP contribution in [0.25, 0.3) is 16.6 Å². The van der Waals surface area contributed by atoms with Gasteiger partial charge in [-0.25, -0.2) is 19.2 Å². The third-order valence-corrected chi connectivity index (χ3v) is 3.74. The van der Waals surface area contributed by atoms with E-state index in [1.165, 1.54) is 24.0 Å². The molecule has 1 N–H and O–H groups in total. The number of hydrogen-bond donors (Lipinski definition) is 1. The molecule has 0 bridgehead atoms. The fourth-order valence-electron chi connectivity index (χ4n) is 2.34. The van der Waals surface area contributed by atoms with Gasteiger partial charge in [-0.05, 0) is 18.2 Å². The summed E-state index contributed by atoms with van der Waals surface area (Å²) in [6.07, 6.45) is 2.49. The Hall–Kier alpha value is -3.29. The fraction of sp³-hybridized carbons (Fsp3) is 0.235. The molecule has 0 aliphatic rings. The normalized spacial score (nSPS) is 11.0. The monoisotopic (exact) mass is 340 g/mol. The number of nitrogens with zero attached hydrogens (tertiary/aromatic N) is 3. The number of benzene rings is 1. The van der Waals surface area contributed by atoms with Crippen molar-refractivity contribution >= 4 is 34.1 Å². The lowest BCUT2D eigenvalue weighted by Crippen LogP contribution is -2.24. The van der Waals surface area contributed by atoms with E-state index in [2.05, 4.69) is 20.0 Å². The molecule has 0 unspecified atom stereocenters. The van der Waals surface area contributed by atoms with Gasteiger partial charge in [-0.15, -0.1) is 0 Å². The maximum atomic E-state index is 12.4. The van der Waals surface area contributed by atoms with Crippen molar-refractivity contribution in [2.24, 2.45) is 5.92 Å². The number of aromatic nitrogens is 3. The summed E-state index contributed by atoms with van der Waals surface area (Å²) < 4.78 is 5.76. The summed E-state index contributed by atoms with van der Waals surface area (Å²) in [5, 5.41) is 3.38. The molecule has 0 spiro atoms. The van der Waals surface area contributed by atoms with E-state index in [-0.39, 0.29) is 17.4 Å². The van der Waals surface area contributed by atoms with E-state index in [1.54, 1.807) is 32.0 Å². The number of esters is 1. The zero-order valence-electron chi connectivity index (χ0n) is 13.9. The molecule has 2 heterocycles. The van der Waals surface area contributed by atoms with Crippen LogP contribution < -0.4 is 10.9 Å². The molecule has 0 aliphatic heterocycles. The number of amides is 1. The number of carbonyl (C=O) groups is 2.